The van der Waals surface area contributed by atoms with E-state index in [1.165, 1.54) is 48.7 Å². The monoisotopic (exact) mass is 569 g/mol. The molecule has 39 heavy (non-hydrogen) atoms. The van der Waals surface area contributed by atoms with Gasteiger partial charge in [0, 0.05) is 47.1 Å². The van der Waals surface area contributed by atoms with Gasteiger partial charge in [-0.15, -0.1) is 34.0 Å². The first-order chi connectivity index (χ1) is 18.9. The average Bonchev–Trinajstić information content (AvgIpc) is 3.68. The molecule has 0 saturated heterocycles. The van der Waals surface area contributed by atoms with Gasteiger partial charge in [0.2, 0.25) is 0 Å². The van der Waals surface area contributed by atoms with E-state index in [1.54, 1.807) is 39.7 Å². The van der Waals surface area contributed by atoms with Gasteiger partial charge in [-0.2, -0.15) is 0 Å². The Labute approximate surface area is 237 Å². The van der Waals surface area contributed by atoms with E-state index in [2.05, 4.69) is 43.3 Å². The molecule has 6 rings (SSSR count). The van der Waals surface area contributed by atoms with Gasteiger partial charge in [-0.25, -0.2) is 0 Å². The SMILES string of the molecule is Cc1ccc(-c2ccc(-c3ccc(-c4ccc(N(c5ccc(O)cc5O)c5ccc(O)cc5O)cc4)s3)s2)s1. The van der Waals surface area contributed by atoms with E-state index in [4.69, 9.17) is 0 Å². The summed E-state index contributed by atoms with van der Waals surface area (Å²) in [4.78, 5) is 9.13. The van der Waals surface area contributed by atoms with Crippen LogP contribution in [0.4, 0.5) is 17.1 Å². The number of phenols is 4. The van der Waals surface area contributed by atoms with Crippen LogP contribution in [0.15, 0.2) is 97.1 Å². The summed E-state index contributed by atoms with van der Waals surface area (Å²) in [5, 5.41) is 40.8. The van der Waals surface area contributed by atoms with Gasteiger partial charge in [-0.05, 0) is 85.3 Å². The summed E-state index contributed by atoms with van der Waals surface area (Å²) in [5.41, 5.74) is 2.47. The Morgan fingerprint density at radius 2 is 0.949 bits per heavy atom. The normalized spacial score (nSPS) is 11.1. The zero-order chi connectivity index (χ0) is 27.1. The molecule has 8 heteroatoms. The first-order valence-corrected chi connectivity index (χ1v) is 14.5. The van der Waals surface area contributed by atoms with Crippen LogP contribution in [-0.4, -0.2) is 20.4 Å². The number of aromatic hydroxyl groups is 4. The lowest BCUT2D eigenvalue weighted by atomic mass is 10.1. The number of phenolic OH excluding ortho intramolecular Hbond substituents is 4. The van der Waals surface area contributed by atoms with Crippen molar-refractivity contribution in [3.05, 3.63) is 102 Å². The minimum absolute atomic E-state index is 0.0710. The third kappa shape index (κ3) is 4.97. The molecule has 3 heterocycles. The van der Waals surface area contributed by atoms with Crippen molar-refractivity contribution in [1.29, 1.82) is 0 Å². The third-order valence-corrected chi connectivity index (χ3v) is 9.86. The summed E-state index contributed by atoms with van der Waals surface area (Å²) in [6.45, 7) is 2.12. The molecule has 5 nitrogen and oxygen atoms in total. The predicted octanol–water partition coefficient (Wildman–Crippen LogP) is 9.47. The van der Waals surface area contributed by atoms with Crippen LogP contribution in [0.5, 0.6) is 23.0 Å². The highest BCUT2D eigenvalue weighted by atomic mass is 32.1. The molecule has 0 radical (unpaired) electrons. The van der Waals surface area contributed by atoms with Crippen molar-refractivity contribution in [2.45, 2.75) is 6.92 Å². The topological polar surface area (TPSA) is 84.2 Å². The lowest BCUT2D eigenvalue weighted by molar-refractivity contribution is 0.449. The molecule has 0 unspecified atom stereocenters. The zero-order valence-corrected chi connectivity index (χ0v) is 23.1. The van der Waals surface area contributed by atoms with Gasteiger partial charge in [0.15, 0.2) is 0 Å². The summed E-state index contributed by atoms with van der Waals surface area (Å²) in [6.07, 6.45) is 0. The van der Waals surface area contributed by atoms with Crippen LogP contribution in [0.3, 0.4) is 0 Å². The maximum Gasteiger partial charge on any atom is 0.143 e. The highest BCUT2D eigenvalue weighted by Gasteiger charge is 2.20. The zero-order valence-electron chi connectivity index (χ0n) is 20.7. The van der Waals surface area contributed by atoms with Crippen LogP contribution in [0.1, 0.15) is 4.88 Å². The Kier molecular flexibility index (Phi) is 6.52. The molecule has 6 aromatic rings. The Hall–Kier alpha value is -4.24. The second-order valence-electron chi connectivity index (χ2n) is 8.97. The molecule has 0 amide bonds. The van der Waals surface area contributed by atoms with Crippen molar-refractivity contribution in [2.24, 2.45) is 0 Å². The van der Waals surface area contributed by atoms with E-state index in [0.29, 0.717) is 17.1 Å². The largest absolute Gasteiger partial charge is 0.508 e. The second kappa shape index (κ2) is 10.1. The van der Waals surface area contributed by atoms with Gasteiger partial charge in [0.1, 0.15) is 23.0 Å². The van der Waals surface area contributed by atoms with Crippen molar-refractivity contribution in [3.63, 3.8) is 0 Å². The highest BCUT2D eigenvalue weighted by molar-refractivity contribution is 7.27. The standard InChI is InChI=1S/C31H23NO4S3/c1-18-2-11-28(37-18)29-14-15-31(39-29)30-13-12-27(38-30)19-3-5-20(6-4-19)32(23-9-7-21(33)16-25(23)35)24-10-8-22(34)17-26(24)36/h2-17,33-36H,1H3. The van der Waals surface area contributed by atoms with Crippen molar-refractivity contribution in [1.82, 2.24) is 0 Å². The molecule has 0 aliphatic rings. The smallest absolute Gasteiger partial charge is 0.143 e. The van der Waals surface area contributed by atoms with E-state index in [0.717, 1.165) is 10.4 Å². The van der Waals surface area contributed by atoms with Gasteiger partial charge in [-0.1, -0.05) is 12.1 Å². The molecular formula is C31H23NO4S3. The van der Waals surface area contributed by atoms with Gasteiger partial charge >= 0.3 is 0 Å². The first-order valence-electron chi connectivity index (χ1n) is 12.1. The molecular weight excluding hydrogens is 547 g/mol. The van der Waals surface area contributed by atoms with Crippen LogP contribution < -0.4 is 4.90 Å². The number of aryl methyl sites for hydroxylation is 1. The van der Waals surface area contributed by atoms with Crippen LogP contribution >= 0.6 is 34.0 Å². The Bertz CT molecular complexity index is 1730. The molecule has 0 fully saturated rings. The Morgan fingerprint density at radius 3 is 1.44 bits per heavy atom. The van der Waals surface area contributed by atoms with Crippen LogP contribution in [0.25, 0.3) is 29.9 Å². The number of nitrogens with zero attached hydrogens (tertiary/aromatic N) is 1. The lowest BCUT2D eigenvalue weighted by Gasteiger charge is -2.27. The number of hydrogen-bond donors (Lipinski definition) is 4. The van der Waals surface area contributed by atoms with E-state index >= 15 is 0 Å². The number of benzene rings is 3. The molecule has 0 bridgehead atoms. The molecule has 4 N–H and O–H groups in total. The first kappa shape index (κ1) is 25.1. The summed E-state index contributed by atoms with van der Waals surface area (Å²) >= 11 is 5.34. The van der Waals surface area contributed by atoms with Crippen molar-refractivity contribution in [3.8, 4) is 52.9 Å². The number of hydrogen-bond acceptors (Lipinski definition) is 8. The molecule has 0 aliphatic heterocycles. The fourth-order valence-electron chi connectivity index (χ4n) is 4.38. The summed E-state index contributed by atoms with van der Waals surface area (Å²) < 4.78 is 0. The fourth-order valence-corrected chi connectivity index (χ4v) is 7.45. The van der Waals surface area contributed by atoms with Crippen LogP contribution in [0, 0.1) is 6.92 Å². The average molecular weight is 570 g/mol. The van der Waals surface area contributed by atoms with Crippen molar-refractivity contribution < 1.29 is 20.4 Å². The molecule has 3 aromatic carbocycles. The van der Waals surface area contributed by atoms with Crippen molar-refractivity contribution in [2.75, 3.05) is 4.90 Å². The molecule has 0 saturated carbocycles. The van der Waals surface area contributed by atoms with Crippen LogP contribution in [0.2, 0.25) is 0 Å². The van der Waals surface area contributed by atoms with Gasteiger partial charge in [0.05, 0.1) is 11.4 Å². The summed E-state index contributed by atoms with van der Waals surface area (Å²) in [7, 11) is 0. The van der Waals surface area contributed by atoms with E-state index in [-0.39, 0.29) is 23.0 Å². The minimum atomic E-state index is -0.150. The summed E-state index contributed by atoms with van der Waals surface area (Å²) in [5.74, 6) is -0.443. The van der Waals surface area contributed by atoms with Gasteiger partial charge < -0.3 is 25.3 Å². The van der Waals surface area contributed by atoms with Gasteiger partial charge in [-0.3, -0.25) is 0 Å². The minimum Gasteiger partial charge on any atom is -0.508 e. The third-order valence-electron chi connectivity index (χ3n) is 6.25. The van der Waals surface area contributed by atoms with Crippen LogP contribution in [-0.2, 0) is 0 Å². The molecule has 3 aromatic heterocycles. The lowest BCUT2D eigenvalue weighted by Crippen LogP contribution is -2.10. The predicted molar refractivity (Wildman–Crippen MR) is 162 cm³/mol. The molecule has 0 atom stereocenters. The molecule has 194 valence electrons. The maximum atomic E-state index is 10.6. The quantitative estimate of drug-likeness (QED) is 0.161. The second-order valence-corrected chi connectivity index (χ2v) is 12.4. The molecule has 0 spiro atoms. The number of anilines is 3. The summed E-state index contributed by atoms with van der Waals surface area (Å²) in [6, 6.07) is 29.4. The van der Waals surface area contributed by atoms with E-state index < -0.39 is 0 Å². The Morgan fingerprint density at radius 1 is 0.487 bits per heavy atom. The van der Waals surface area contributed by atoms with E-state index in [9.17, 15) is 20.4 Å². The number of thiophene rings is 3. The highest BCUT2D eigenvalue weighted by Crippen LogP contribution is 2.46. The van der Waals surface area contributed by atoms with E-state index in [1.807, 2.05) is 35.6 Å². The van der Waals surface area contributed by atoms with Gasteiger partial charge in [0.25, 0.3) is 0 Å². The maximum absolute atomic E-state index is 10.6. The Balaban J connectivity index is 1.32. The number of rotatable bonds is 6. The van der Waals surface area contributed by atoms with Crippen molar-refractivity contribution >= 4 is 51.1 Å². The molecule has 0 aliphatic carbocycles. The fraction of sp³-hybridized carbons (Fsp3) is 0.0323.